The van der Waals surface area contributed by atoms with E-state index in [-0.39, 0.29) is 0 Å². The number of primary amides is 1. The number of hydrogen-bond acceptors (Lipinski definition) is 1. The lowest BCUT2D eigenvalue weighted by Crippen LogP contribution is -2.41. The fourth-order valence-electron chi connectivity index (χ4n) is 0.108. The van der Waals surface area contributed by atoms with Crippen LogP contribution in [-0.2, 0) is 4.79 Å². The predicted octanol–water partition coefficient (Wildman–Crippen LogP) is 0.372. The number of rotatable bonds is 2. The molecule has 0 heterocycles. The Kier molecular flexibility index (Phi) is 2.00. The molecular weight excluding hydrogens is 142 g/mol. The second-order valence-electron chi connectivity index (χ2n) is 1.29. The van der Waals surface area contributed by atoms with Gasteiger partial charge in [-0.05, 0) is 0 Å². The number of carbonyl (C=O) groups is 1. The van der Waals surface area contributed by atoms with E-state index < -0.39 is 18.3 Å². The Labute approximate surface area is 47.6 Å². The van der Waals surface area contributed by atoms with Crippen LogP contribution in [0.2, 0.25) is 0 Å². The van der Waals surface area contributed by atoms with Crippen molar-refractivity contribution in [2.24, 2.45) is 5.73 Å². The van der Waals surface area contributed by atoms with Gasteiger partial charge in [0, 0.05) is 0 Å². The van der Waals surface area contributed by atoms with Crippen molar-refractivity contribution in [1.82, 2.24) is 0 Å². The molecule has 0 fully saturated rings. The summed E-state index contributed by atoms with van der Waals surface area (Å²) in [5, 5.41) is 0. The lowest BCUT2D eigenvalue weighted by atomic mass is 10.3. The van der Waals surface area contributed by atoms with Gasteiger partial charge in [0.2, 0.25) is 0 Å². The smallest absolute Gasteiger partial charge is 0.364 e. The second kappa shape index (κ2) is 2.20. The Morgan fingerprint density at radius 3 is 1.78 bits per heavy atom. The van der Waals surface area contributed by atoms with Gasteiger partial charge in [0.05, 0.1) is 0 Å². The molecule has 0 unspecified atom stereocenters. The van der Waals surface area contributed by atoms with Gasteiger partial charge in [0.1, 0.15) is 0 Å². The molecule has 0 aromatic carbocycles. The summed E-state index contributed by atoms with van der Waals surface area (Å²) >= 11 is 0. The first-order valence-corrected chi connectivity index (χ1v) is 1.85. The van der Waals surface area contributed by atoms with E-state index in [1.165, 1.54) is 0 Å². The molecule has 0 atom stereocenters. The zero-order valence-corrected chi connectivity index (χ0v) is 4.07. The molecule has 0 saturated heterocycles. The molecule has 0 aliphatic rings. The third-order valence-corrected chi connectivity index (χ3v) is 0.603. The zero-order chi connectivity index (χ0) is 7.65. The van der Waals surface area contributed by atoms with Crippen molar-refractivity contribution in [3.05, 3.63) is 0 Å². The SMILES string of the molecule is NC(=O)C(F)(F)C(F)F. The second-order valence-corrected chi connectivity index (χ2v) is 1.29. The highest BCUT2D eigenvalue weighted by Gasteiger charge is 2.47. The highest BCUT2D eigenvalue weighted by molar-refractivity contribution is 5.81. The third kappa shape index (κ3) is 1.55. The Balaban J connectivity index is 4.19. The molecule has 2 N–H and O–H groups in total. The van der Waals surface area contributed by atoms with E-state index in [0.29, 0.717) is 0 Å². The van der Waals surface area contributed by atoms with E-state index in [4.69, 9.17) is 0 Å². The van der Waals surface area contributed by atoms with Crippen LogP contribution in [0.4, 0.5) is 17.6 Å². The Morgan fingerprint density at radius 1 is 1.44 bits per heavy atom. The molecule has 0 aliphatic heterocycles. The maximum absolute atomic E-state index is 11.4. The first-order chi connectivity index (χ1) is 3.89. The molecule has 0 bridgehead atoms. The van der Waals surface area contributed by atoms with Crippen LogP contribution in [0.5, 0.6) is 0 Å². The molecule has 0 rings (SSSR count). The topological polar surface area (TPSA) is 43.1 Å². The minimum atomic E-state index is -4.69. The van der Waals surface area contributed by atoms with Crippen molar-refractivity contribution in [2.75, 3.05) is 0 Å². The van der Waals surface area contributed by atoms with Crippen LogP contribution in [0.25, 0.3) is 0 Å². The van der Waals surface area contributed by atoms with Crippen LogP contribution in [0.15, 0.2) is 0 Å². The Hall–Kier alpha value is -0.810. The number of amides is 1. The van der Waals surface area contributed by atoms with E-state index in [0.717, 1.165) is 0 Å². The van der Waals surface area contributed by atoms with Crippen LogP contribution in [0.3, 0.4) is 0 Å². The summed E-state index contributed by atoms with van der Waals surface area (Å²) in [6.07, 6.45) is -4.02. The summed E-state index contributed by atoms with van der Waals surface area (Å²) < 4.78 is 44.9. The van der Waals surface area contributed by atoms with E-state index in [9.17, 15) is 22.4 Å². The first kappa shape index (κ1) is 8.19. The minimum absolute atomic E-state index is 2.31. The van der Waals surface area contributed by atoms with Gasteiger partial charge in [-0.3, -0.25) is 4.79 Å². The van der Waals surface area contributed by atoms with Gasteiger partial charge in [-0.25, -0.2) is 8.78 Å². The molecule has 1 amide bonds. The van der Waals surface area contributed by atoms with E-state index >= 15 is 0 Å². The maximum atomic E-state index is 11.4. The summed E-state index contributed by atoms with van der Waals surface area (Å²) in [7, 11) is 0. The van der Waals surface area contributed by atoms with Crippen LogP contribution in [0.1, 0.15) is 0 Å². The lowest BCUT2D eigenvalue weighted by Gasteiger charge is -2.08. The number of alkyl halides is 4. The molecule has 54 valence electrons. The van der Waals surface area contributed by atoms with Crippen LogP contribution in [-0.4, -0.2) is 18.3 Å². The van der Waals surface area contributed by atoms with Crippen molar-refractivity contribution in [3.8, 4) is 0 Å². The van der Waals surface area contributed by atoms with E-state index in [1.54, 1.807) is 0 Å². The summed E-state index contributed by atoms with van der Waals surface area (Å²) in [6, 6.07) is 0. The average Bonchev–Trinajstić information content (AvgIpc) is 1.65. The van der Waals surface area contributed by atoms with Gasteiger partial charge in [-0.15, -0.1) is 0 Å². The van der Waals surface area contributed by atoms with Gasteiger partial charge < -0.3 is 5.73 Å². The van der Waals surface area contributed by atoms with Gasteiger partial charge in [0.15, 0.2) is 0 Å². The van der Waals surface area contributed by atoms with Crippen LogP contribution < -0.4 is 5.73 Å². The molecular formula is C3H3F4NO. The number of halogens is 4. The standard InChI is InChI=1S/C3H3F4NO/c4-1(5)3(6,7)2(8)9/h1H,(H2,8,9). The van der Waals surface area contributed by atoms with E-state index in [2.05, 4.69) is 5.73 Å². The van der Waals surface area contributed by atoms with Gasteiger partial charge >= 0.3 is 12.3 Å². The highest BCUT2D eigenvalue weighted by Crippen LogP contribution is 2.21. The number of nitrogens with two attached hydrogens (primary N) is 1. The largest absolute Gasteiger partial charge is 0.383 e. The molecule has 0 aromatic rings. The molecule has 2 nitrogen and oxygen atoms in total. The lowest BCUT2D eigenvalue weighted by molar-refractivity contribution is -0.165. The molecule has 0 aromatic heterocycles. The van der Waals surface area contributed by atoms with Gasteiger partial charge in [-0.1, -0.05) is 0 Å². The van der Waals surface area contributed by atoms with Gasteiger partial charge in [-0.2, -0.15) is 8.78 Å². The fourth-order valence-corrected chi connectivity index (χ4v) is 0.108. The molecule has 6 heteroatoms. The zero-order valence-electron chi connectivity index (χ0n) is 4.07. The third-order valence-electron chi connectivity index (χ3n) is 0.603. The Morgan fingerprint density at radius 2 is 1.78 bits per heavy atom. The molecule has 0 radical (unpaired) electrons. The monoisotopic (exact) mass is 145 g/mol. The van der Waals surface area contributed by atoms with Crippen molar-refractivity contribution >= 4 is 5.91 Å². The highest BCUT2D eigenvalue weighted by atomic mass is 19.3. The van der Waals surface area contributed by atoms with Crippen molar-refractivity contribution in [3.63, 3.8) is 0 Å². The van der Waals surface area contributed by atoms with Crippen LogP contribution in [0, 0.1) is 0 Å². The minimum Gasteiger partial charge on any atom is -0.364 e. The maximum Gasteiger partial charge on any atom is 0.383 e. The van der Waals surface area contributed by atoms with Crippen molar-refractivity contribution in [2.45, 2.75) is 12.3 Å². The molecule has 9 heavy (non-hydrogen) atoms. The van der Waals surface area contributed by atoms with E-state index in [1.807, 2.05) is 0 Å². The molecule has 0 saturated carbocycles. The predicted molar refractivity (Wildman–Crippen MR) is 20.1 cm³/mol. The first-order valence-electron chi connectivity index (χ1n) is 1.85. The fraction of sp³-hybridized carbons (Fsp3) is 0.667. The van der Waals surface area contributed by atoms with Crippen molar-refractivity contribution < 1.29 is 22.4 Å². The quantitative estimate of drug-likeness (QED) is 0.560. The molecule has 0 aliphatic carbocycles. The van der Waals surface area contributed by atoms with Crippen molar-refractivity contribution in [1.29, 1.82) is 0 Å². The van der Waals surface area contributed by atoms with Gasteiger partial charge in [0.25, 0.3) is 5.91 Å². The molecule has 0 spiro atoms. The van der Waals surface area contributed by atoms with Crippen LogP contribution >= 0.6 is 0 Å². The number of hydrogen-bond donors (Lipinski definition) is 1. The summed E-state index contributed by atoms with van der Waals surface area (Å²) in [6.45, 7) is 0. The normalized spacial score (nSPS) is 12.1. The summed E-state index contributed by atoms with van der Waals surface area (Å²) in [5.41, 5.74) is 3.90. The summed E-state index contributed by atoms with van der Waals surface area (Å²) in [5.74, 6) is -7.00. The average molecular weight is 145 g/mol. The number of carbonyl (C=O) groups excluding carboxylic acids is 1. The Bertz CT molecular complexity index is 123. The summed E-state index contributed by atoms with van der Waals surface area (Å²) in [4.78, 5) is 9.45.